The van der Waals surface area contributed by atoms with Crippen LogP contribution in [0.1, 0.15) is 11.1 Å². The number of piperazine rings is 1. The average Bonchev–Trinajstić information content (AvgIpc) is 2.72. The van der Waals surface area contributed by atoms with Gasteiger partial charge >= 0.3 is 0 Å². The normalized spacial score (nSPS) is 15.0. The Morgan fingerprint density at radius 1 is 0.654 bits per heavy atom. The smallest absolute Gasteiger partial charge is 0.118 e. The monoisotopic (exact) mass is 352 g/mol. The number of methoxy groups -OCH3 is 2. The third kappa shape index (κ3) is 4.99. The number of nitrogens with zero attached hydrogens (tertiary/aromatic N) is 4. The van der Waals surface area contributed by atoms with E-state index >= 15 is 0 Å². The largest absolute Gasteiger partial charge is 0.497 e. The molecular weight excluding hydrogens is 328 g/mol. The summed E-state index contributed by atoms with van der Waals surface area (Å²) in [5.74, 6) is 1.70. The van der Waals surface area contributed by atoms with Crippen LogP contribution in [-0.4, -0.2) is 62.8 Å². The van der Waals surface area contributed by atoms with E-state index in [9.17, 15) is 0 Å². The number of ether oxygens (including phenoxy) is 2. The molecule has 6 heteroatoms. The summed E-state index contributed by atoms with van der Waals surface area (Å²) in [5, 5.41) is 13.3. The maximum Gasteiger partial charge on any atom is 0.118 e. The zero-order valence-electron chi connectivity index (χ0n) is 15.2. The maximum atomic E-state index is 5.16. The highest BCUT2D eigenvalue weighted by Gasteiger charge is 2.12. The van der Waals surface area contributed by atoms with Gasteiger partial charge in [-0.3, -0.25) is 10.0 Å². The van der Waals surface area contributed by atoms with E-state index in [-0.39, 0.29) is 0 Å². The van der Waals surface area contributed by atoms with Crippen LogP contribution < -0.4 is 9.47 Å². The van der Waals surface area contributed by atoms with Crippen molar-refractivity contribution >= 4 is 12.4 Å². The van der Waals surface area contributed by atoms with Crippen molar-refractivity contribution in [2.45, 2.75) is 0 Å². The lowest BCUT2D eigenvalue weighted by Gasteiger charge is -2.31. The van der Waals surface area contributed by atoms with E-state index in [1.165, 1.54) is 0 Å². The fraction of sp³-hybridized carbons (Fsp3) is 0.300. The van der Waals surface area contributed by atoms with Crippen molar-refractivity contribution < 1.29 is 9.47 Å². The van der Waals surface area contributed by atoms with Gasteiger partial charge in [0.05, 0.1) is 52.8 Å². The Kier molecular flexibility index (Phi) is 6.09. The molecule has 2 aromatic rings. The van der Waals surface area contributed by atoms with Crippen LogP contribution in [0.25, 0.3) is 0 Å². The van der Waals surface area contributed by atoms with Crippen molar-refractivity contribution in [1.82, 2.24) is 10.0 Å². The molecule has 0 spiro atoms. The maximum absolute atomic E-state index is 5.16. The summed E-state index contributed by atoms with van der Waals surface area (Å²) in [6, 6.07) is 15.7. The average molecular weight is 352 g/mol. The zero-order chi connectivity index (χ0) is 18.2. The van der Waals surface area contributed by atoms with Crippen LogP contribution in [0.4, 0.5) is 0 Å². The van der Waals surface area contributed by atoms with Gasteiger partial charge in [-0.1, -0.05) is 0 Å². The second-order valence-corrected chi connectivity index (χ2v) is 5.94. The highest BCUT2D eigenvalue weighted by Crippen LogP contribution is 2.11. The van der Waals surface area contributed by atoms with Crippen molar-refractivity contribution in [3.05, 3.63) is 59.7 Å². The van der Waals surface area contributed by atoms with E-state index < -0.39 is 0 Å². The Balaban J connectivity index is 1.47. The predicted molar refractivity (Wildman–Crippen MR) is 104 cm³/mol. The zero-order valence-corrected chi connectivity index (χ0v) is 15.2. The van der Waals surface area contributed by atoms with E-state index in [2.05, 4.69) is 20.2 Å². The summed E-state index contributed by atoms with van der Waals surface area (Å²) >= 11 is 0. The van der Waals surface area contributed by atoms with Crippen LogP contribution in [0.2, 0.25) is 0 Å². The lowest BCUT2D eigenvalue weighted by Crippen LogP contribution is -2.41. The van der Waals surface area contributed by atoms with Gasteiger partial charge in [-0.15, -0.1) is 0 Å². The summed E-state index contributed by atoms with van der Waals surface area (Å²) in [6.07, 6.45) is 3.77. The van der Waals surface area contributed by atoms with Crippen LogP contribution in [0.3, 0.4) is 0 Å². The Labute approximate surface area is 154 Å². The van der Waals surface area contributed by atoms with E-state index in [0.717, 1.165) is 48.8 Å². The van der Waals surface area contributed by atoms with Gasteiger partial charge in [0.15, 0.2) is 0 Å². The molecule has 2 aromatic carbocycles. The lowest BCUT2D eigenvalue weighted by atomic mass is 10.2. The first-order chi connectivity index (χ1) is 12.8. The minimum Gasteiger partial charge on any atom is -0.497 e. The van der Waals surface area contributed by atoms with E-state index in [1.54, 1.807) is 14.2 Å². The van der Waals surface area contributed by atoms with Gasteiger partial charge in [-0.25, -0.2) is 0 Å². The molecular formula is C20H24N4O2. The molecule has 3 rings (SSSR count). The van der Waals surface area contributed by atoms with Gasteiger partial charge < -0.3 is 9.47 Å². The van der Waals surface area contributed by atoms with E-state index in [1.807, 2.05) is 61.0 Å². The first kappa shape index (κ1) is 17.8. The van der Waals surface area contributed by atoms with Gasteiger partial charge in [-0.05, 0) is 59.7 Å². The molecule has 0 saturated carbocycles. The molecule has 1 heterocycles. The second kappa shape index (κ2) is 8.89. The molecule has 6 nitrogen and oxygen atoms in total. The second-order valence-electron chi connectivity index (χ2n) is 5.94. The van der Waals surface area contributed by atoms with E-state index in [0.29, 0.717) is 0 Å². The molecule has 0 bridgehead atoms. The molecule has 0 aliphatic carbocycles. The van der Waals surface area contributed by atoms with Crippen LogP contribution in [0.5, 0.6) is 11.5 Å². The topological polar surface area (TPSA) is 49.7 Å². The van der Waals surface area contributed by atoms with Crippen LogP contribution in [0.15, 0.2) is 58.7 Å². The summed E-state index contributed by atoms with van der Waals surface area (Å²) in [6.45, 7) is 3.42. The Morgan fingerprint density at radius 2 is 1.00 bits per heavy atom. The van der Waals surface area contributed by atoms with Crippen molar-refractivity contribution in [1.29, 1.82) is 0 Å². The van der Waals surface area contributed by atoms with Crippen LogP contribution >= 0.6 is 0 Å². The summed E-state index contributed by atoms with van der Waals surface area (Å²) in [5.41, 5.74) is 2.12. The Hall–Kier alpha value is -3.02. The van der Waals surface area contributed by atoms with Gasteiger partial charge in [0, 0.05) is 0 Å². The number of rotatable bonds is 6. The number of hydrogen-bond donors (Lipinski definition) is 0. The third-order valence-corrected chi connectivity index (χ3v) is 4.20. The first-order valence-electron chi connectivity index (χ1n) is 8.63. The Morgan fingerprint density at radius 3 is 1.31 bits per heavy atom. The number of hydrazone groups is 2. The molecule has 1 fully saturated rings. The molecule has 1 aliphatic heterocycles. The predicted octanol–water partition coefficient (Wildman–Crippen LogP) is 2.69. The van der Waals surface area contributed by atoms with Gasteiger partial charge in [0.25, 0.3) is 0 Å². The molecule has 26 heavy (non-hydrogen) atoms. The van der Waals surface area contributed by atoms with Crippen molar-refractivity contribution in [2.24, 2.45) is 10.2 Å². The molecule has 0 aromatic heterocycles. The molecule has 0 unspecified atom stereocenters. The quantitative estimate of drug-likeness (QED) is 0.750. The van der Waals surface area contributed by atoms with Crippen LogP contribution in [0, 0.1) is 0 Å². The first-order valence-corrected chi connectivity index (χ1v) is 8.63. The molecule has 1 saturated heterocycles. The molecule has 1 aliphatic rings. The summed E-state index contributed by atoms with van der Waals surface area (Å²) in [7, 11) is 3.33. The Bertz CT molecular complexity index is 668. The lowest BCUT2D eigenvalue weighted by molar-refractivity contribution is 0.141. The van der Waals surface area contributed by atoms with Crippen LogP contribution in [-0.2, 0) is 0 Å². The minimum atomic E-state index is 0.852. The molecule has 0 atom stereocenters. The molecule has 0 radical (unpaired) electrons. The van der Waals surface area contributed by atoms with Gasteiger partial charge in [-0.2, -0.15) is 10.2 Å². The minimum absolute atomic E-state index is 0.852. The summed E-state index contributed by atoms with van der Waals surface area (Å²) < 4.78 is 10.3. The summed E-state index contributed by atoms with van der Waals surface area (Å²) in [4.78, 5) is 0. The molecule has 136 valence electrons. The standard InChI is InChI=1S/C20H24N4O2/c1-25-19-7-3-17(4-8-19)15-21-23-11-13-24(14-12-23)22-16-18-5-9-20(26-2)10-6-18/h3-10,15-16H,11-14H2,1-2H3. The molecule has 0 amide bonds. The highest BCUT2D eigenvalue weighted by molar-refractivity contribution is 5.80. The van der Waals surface area contributed by atoms with E-state index in [4.69, 9.17) is 9.47 Å². The van der Waals surface area contributed by atoms with Crippen molar-refractivity contribution in [3.63, 3.8) is 0 Å². The molecule has 0 N–H and O–H groups in total. The van der Waals surface area contributed by atoms with Gasteiger partial charge in [0.1, 0.15) is 11.5 Å². The fourth-order valence-electron chi connectivity index (χ4n) is 2.59. The number of hydrogen-bond acceptors (Lipinski definition) is 6. The SMILES string of the molecule is COc1ccc(C=NN2CCN(N=Cc3ccc(OC)cc3)CC2)cc1. The number of benzene rings is 2. The highest BCUT2D eigenvalue weighted by atomic mass is 16.5. The third-order valence-electron chi connectivity index (χ3n) is 4.20. The van der Waals surface area contributed by atoms with Crippen molar-refractivity contribution in [3.8, 4) is 11.5 Å². The van der Waals surface area contributed by atoms with Gasteiger partial charge in [0.2, 0.25) is 0 Å². The van der Waals surface area contributed by atoms with Crippen molar-refractivity contribution in [2.75, 3.05) is 40.4 Å². The fourth-order valence-corrected chi connectivity index (χ4v) is 2.59.